The van der Waals surface area contributed by atoms with Crippen molar-refractivity contribution in [2.45, 2.75) is 38.8 Å². The second-order valence-corrected chi connectivity index (χ2v) is 4.23. The standard InChI is InChI=1S/C9H17F2NO/c1-7-4-12(5-8(10)11)9(2,3)6-13-7/h7-8H,4-6H2,1-3H3. The van der Waals surface area contributed by atoms with Crippen LogP contribution in [0.3, 0.4) is 0 Å². The molecule has 4 heteroatoms. The molecule has 0 radical (unpaired) electrons. The van der Waals surface area contributed by atoms with Gasteiger partial charge in [-0.3, -0.25) is 4.90 Å². The first-order chi connectivity index (χ1) is 5.92. The molecule has 0 saturated carbocycles. The zero-order valence-electron chi connectivity index (χ0n) is 8.39. The lowest BCUT2D eigenvalue weighted by molar-refractivity contribution is -0.105. The van der Waals surface area contributed by atoms with Crippen molar-refractivity contribution < 1.29 is 13.5 Å². The Hall–Kier alpha value is -0.220. The highest BCUT2D eigenvalue weighted by Gasteiger charge is 2.34. The highest BCUT2D eigenvalue weighted by Crippen LogP contribution is 2.22. The van der Waals surface area contributed by atoms with Crippen LogP contribution in [0.25, 0.3) is 0 Å². The van der Waals surface area contributed by atoms with Gasteiger partial charge in [-0.15, -0.1) is 0 Å². The van der Waals surface area contributed by atoms with Crippen molar-refractivity contribution in [3.8, 4) is 0 Å². The van der Waals surface area contributed by atoms with Crippen LogP contribution in [0.1, 0.15) is 20.8 Å². The SMILES string of the molecule is CC1CN(CC(F)F)C(C)(C)CO1. The van der Waals surface area contributed by atoms with Gasteiger partial charge in [-0.1, -0.05) is 0 Å². The smallest absolute Gasteiger partial charge is 0.251 e. The maximum absolute atomic E-state index is 12.2. The Balaban J connectivity index is 2.56. The molecule has 0 spiro atoms. The molecule has 0 N–H and O–H groups in total. The van der Waals surface area contributed by atoms with Crippen LogP contribution in [0.5, 0.6) is 0 Å². The molecule has 0 aliphatic carbocycles. The van der Waals surface area contributed by atoms with Crippen LogP contribution in [-0.4, -0.2) is 42.7 Å². The summed E-state index contributed by atoms with van der Waals surface area (Å²) in [6, 6.07) is 0. The van der Waals surface area contributed by atoms with Crippen LogP contribution in [0.2, 0.25) is 0 Å². The molecular formula is C9H17F2NO. The molecule has 1 aliphatic heterocycles. The number of nitrogens with zero attached hydrogens (tertiary/aromatic N) is 1. The molecule has 1 aliphatic rings. The average molecular weight is 193 g/mol. The highest BCUT2D eigenvalue weighted by molar-refractivity contribution is 4.86. The third-order valence-corrected chi connectivity index (χ3v) is 2.41. The van der Waals surface area contributed by atoms with Crippen LogP contribution in [0.4, 0.5) is 8.78 Å². The summed E-state index contributed by atoms with van der Waals surface area (Å²) in [5.41, 5.74) is -0.261. The molecule has 0 bridgehead atoms. The van der Waals surface area contributed by atoms with E-state index in [1.54, 1.807) is 4.90 Å². The van der Waals surface area contributed by atoms with Crippen molar-refractivity contribution in [1.82, 2.24) is 4.90 Å². The van der Waals surface area contributed by atoms with Crippen LogP contribution >= 0.6 is 0 Å². The molecule has 1 unspecified atom stereocenters. The van der Waals surface area contributed by atoms with E-state index in [9.17, 15) is 8.78 Å². The summed E-state index contributed by atoms with van der Waals surface area (Å²) in [4.78, 5) is 1.80. The maximum Gasteiger partial charge on any atom is 0.251 e. The fraction of sp³-hybridized carbons (Fsp3) is 1.00. The fourth-order valence-electron chi connectivity index (χ4n) is 1.54. The Kier molecular flexibility index (Phi) is 3.24. The summed E-state index contributed by atoms with van der Waals surface area (Å²) >= 11 is 0. The third-order valence-electron chi connectivity index (χ3n) is 2.41. The van der Waals surface area contributed by atoms with Crippen molar-refractivity contribution in [2.75, 3.05) is 19.7 Å². The molecule has 0 aromatic heterocycles. The number of hydrogen-bond acceptors (Lipinski definition) is 2. The van der Waals surface area contributed by atoms with E-state index >= 15 is 0 Å². The summed E-state index contributed by atoms with van der Waals surface area (Å²) < 4.78 is 29.8. The zero-order valence-corrected chi connectivity index (χ0v) is 8.39. The summed E-state index contributed by atoms with van der Waals surface area (Å²) in [6.07, 6.45) is -2.20. The van der Waals surface area contributed by atoms with Crippen LogP contribution in [0, 0.1) is 0 Å². The average Bonchev–Trinajstić information content (AvgIpc) is 1.97. The minimum atomic E-state index is -2.26. The Morgan fingerprint density at radius 3 is 2.69 bits per heavy atom. The third kappa shape index (κ3) is 2.88. The fourth-order valence-corrected chi connectivity index (χ4v) is 1.54. The van der Waals surface area contributed by atoms with Gasteiger partial charge in [0.2, 0.25) is 0 Å². The van der Waals surface area contributed by atoms with Gasteiger partial charge in [0.1, 0.15) is 0 Å². The van der Waals surface area contributed by atoms with E-state index in [1.807, 2.05) is 20.8 Å². The number of morpholine rings is 1. The Bertz CT molecular complexity index is 171. The predicted octanol–water partition coefficient (Wildman–Crippen LogP) is 1.75. The lowest BCUT2D eigenvalue weighted by Crippen LogP contribution is -2.56. The highest BCUT2D eigenvalue weighted by atomic mass is 19.3. The number of rotatable bonds is 2. The van der Waals surface area contributed by atoms with E-state index in [4.69, 9.17) is 4.74 Å². The zero-order chi connectivity index (χ0) is 10.1. The van der Waals surface area contributed by atoms with Gasteiger partial charge in [-0.25, -0.2) is 8.78 Å². The van der Waals surface area contributed by atoms with Crippen molar-refractivity contribution in [3.63, 3.8) is 0 Å². The Morgan fingerprint density at radius 1 is 1.54 bits per heavy atom. The van der Waals surface area contributed by atoms with Gasteiger partial charge >= 0.3 is 0 Å². The first-order valence-corrected chi connectivity index (χ1v) is 4.56. The molecule has 1 rings (SSSR count). The monoisotopic (exact) mass is 193 g/mol. The van der Waals surface area contributed by atoms with E-state index in [0.717, 1.165) is 0 Å². The lowest BCUT2D eigenvalue weighted by Gasteiger charge is -2.44. The molecule has 1 saturated heterocycles. The van der Waals surface area contributed by atoms with Crippen LogP contribution in [-0.2, 0) is 4.74 Å². The summed E-state index contributed by atoms with van der Waals surface area (Å²) in [5.74, 6) is 0. The van der Waals surface area contributed by atoms with Crippen LogP contribution < -0.4 is 0 Å². The van der Waals surface area contributed by atoms with E-state index in [2.05, 4.69) is 0 Å². The van der Waals surface area contributed by atoms with E-state index in [1.165, 1.54) is 0 Å². The number of alkyl halides is 2. The molecule has 2 nitrogen and oxygen atoms in total. The molecule has 1 atom stereocenters. The van der Waals surface area contributed by atoms with Crippen molar-refractivity contribution in [2.24, 2.45) is 0 Å². The maximum atomic E-state index is 12.2. The van der Waals surface area contributed by atoms with Crippen LogP contribution in [0.15, 0.2) is 0 Å². The normalized spacial score (nSPS) is 29.5. The van der Waals surface area contributed by atoms with Gasteiger partial charge in [0.15, 0.2) is 0 Å². The molecule has 0 aromatic carbocycles. The molecule has 1 fully saturated rings. The van der Waals surface area contributed by atoms with Crippen molar-refractivity contribution in [1.29, 1.82) is 0 Å². The first-order valence-electron chi connectivity index (χ1n) is 4.56. The summed E-state index contributed by atoms with van der Waals surface area (Å²) in [6.45, 7) is 6.75. The van der Waals surface area contributed by atoms with Crippen molar-refractivity contribution >= 4 is 0 Å². The topological polar surface area (TPSA) is 12.5 Å². The Morgan fingerprint density at radius 2 is 2.15 bits per heavy atom. The number of ether oxygens (including phenoxy) is 1. The number of hydrogen-bond donors (Lipinski definition) is 0. The molecule has 78 valence electrons. The second kappa shape index (κ2) is 3.88. The van der Waals surface area contributed by atoms with Gasteiger partial charge in [-0.2, -0.15) is 0 Å². The van der Waals surface area contributed by atoms with Gasteiger partial charge in [-0.05, 0) is 20.8 Å². The molecule has 13 heavy (non-hydrogen) atoms. The van der Waals surface area contributed by atoms with E-state index < -0.39 is 6.43 Å². The van der Waals surface area contributed by atoms with Crippen molar-refractivity contribution in [3.05, 3.63) is 0 Å². The van der Waals surface area contributed by atoms with Gasteiger partial charge in [0, 0.05) is 12.1 Å². The molecule has 1 heterocycles. The van der Waals surface area contributed by atoms with Gasteiger partial charge in [0.05, 0.1) is 19.3 Å². The minimum absolute atomic E-state index is 0.0618. The second-order valence-electron chi connectivity index (χ2n) is 4.23. The quantitative estimate of drug-likeness (QED) is 0.662. The Labute approximate surface area is 77.9 Å². The summed E-state index contributed by atoms with van der Waals surface area (Å²) in [5, 5.41) is 0. The largest absolute Gasteiger partial charge is 0.375 e. The van der Waals surface area contributed by atoms with E-state index in [0.29, 0.717) is 13.2 Å². The molecular weight excluding hydrogens is 176 g/mol. The number of halogens is 2. The minimum Gasteiger partial charge on any atom is -0.375 e. The first kappa shape index (κ1) is 10.9. The lowest BCUT2D eigenvalue weighted by atomic mass is 10.0. The molecule has 0 aromatic rings. The predicted molar refractivity (Wildman–Crippen MR) is 47.1 cm³/mol. The molecule has 0 amide bonds. The van der Waals surface area contributed by atoms with Gasteiger partial charge < -0.3 is 4.74 Å². The summed E-state index contributed by atoms with van der Waals surface area (Å²) in [7, 11) is 0. The van der Waals surface area contributed by atoms with E-state index in [-0.39, 0.29) is 18.2 Å². The van der Waals surface area contributed by atoms with Gasteiger partial charge in [0.25, 0.3) is 6.43 Å².